The number of halogens is 4. The number of nitrogens with zero attached hydrogens (tertiary/aromatic N) is 4. The van der Waals surface area contributed by atoms with E-state index in [9.17, 15) is 22.4 Å². The van der Waals surface area contributed by atoms with Crippen LogP contribution in [-0.4, -0.2) is 21.1 Å². The van der Waals surface area contributed by atoms with E-state index in [-0.39, 0.29) is 18.3 Å². The first-order valence-electron chi connectivity index (χ1n) is 8.80. The molecule has 154 valence electrons. The molecule has 2 aromatic heterocycles. The largest absolute Gasteiger partial charge is 0.425 e. The van der Waals surface area contributed by atoms with Crippen LogP contribution < -0.4 is 10.6 Å². The number of thiophene rings is 1. The van der Waals surface area contributed by atoms with Crippen molar-refractivity contribution in [3.63, 3.8) is 0 Å². The van der Waals surface area contributed by atoms with E-state index in [0.29, 0.717) is 22.8 Å². The van der Waals surface area contributed by atoms with Crippen LogP contribution in [0.5, 0.6) is 0 Å². The van der Waals surface area contributed by atoms with Crippen molar-refractivity contribution in [2.45, 2.75) is 12.7 Å². The lowest BCUT2D eigenvalue weighted by Crippen LogP contribution is -2.29. The van der Waals surface area contributed by atoms with Crippen LogP contribution in [-0.2, 0) is 12.7 Å². The van der Waals surface area contributed by atoms with Crippen molar-refractivity contribution < 1.29 is 17.6 Å². The summed E-state index contributed by atoms with van der Waals surface area (Å²) in [7, 11) is 0. The zero-order valence-electron chi connectivity index (χ0n) is 15.3. The molecule has 0 bridgehead atoms. The second-order valence-corrected chi connectivity index (χ2v) is 7.63. The summed E-state index contributed by atoms with van der Waals surface area (Å²) in [6, 6.07) is 8.43. The molecule has 3 heterocycles. The third kappa shape index (κ3) is 4.33. The highest BCUT2D eigenvalue weighted by Gasteiger charge is 2.32. The van der Waals surface area contributed by atoms with Gasteiger partial charge in [0.15, 0.2) is 0 Å². The Morgan fingerprint density at radius 1 is 1.10 bits per heavy atom. The van der Waals surface area contributed by atoms with Crippen LogP contribution in [0.1, 0.15) is 15.3 Å². The molecule has 0 unspecified atom stereocenters. The van der Waals surface area contributed by atoms with Crippen molar-refractivity contribution in [1.82, 2.24) is 14.5 Å². The van der Waals surface area contributed by atoms with Crippen molar-refractivity contribution in [1.29, 1.82) is 0 Å². The molecule has 0 saturated heterocycles. The molecule has 1 aromatic carbocycles. The highest BCUT2D eigenvalue weighted by Crippen LogP contribution is 2.34. The smallest absolute Gasteiger partial charge is 0.313 e. The third-order valence-corrected chi connectivity index (χ3v) is 5.51. The van der Waals surface area contributed by atoms with Gasteiger partial charge in [0.1, 0.15) is 17.0 Å². The molecule has 0 atom stereocenters. The first-order chi connectivity index (χ1) is 14.3. The quantitative estimate of drug-likeness (QED) is 0.574. The molecule has 10 heteroatoms. The number of hydrogen-bond acceptors (Lipinski definition) is 5. The molecule has 1 aliphatic rings. The van der Waals surface area contributed by atoms with Crippen molar-refractivity contribution in [2.24, 2.45) is 0 Å². The Bertz CT molecular complexity index is 1180. The molecule has 0 amide bonds. The van der Waals surface area contributed by atoms with Crippen molar-refractivity contribution in [3.8, 4) is 0 Å². The highest BCUT2D eigenvalue weighted by atomic mass is 32.1. The maximum atomic E-state index is 13.1. The number of benzene rings is 1. The third-order valence-electron chi connectivity index (χ3n) is 4.40. The SMILES string of the molecule is O=c1nc(N2C=CC(c3ccc(F)cc3)=CC2)ncn1Cc1ccc(C(F)(F)F)s1. The topological polar surface area (TPSA) is 51.0 Å². The Hall–Kier alpha value is -3.27. The van der Waals surface area contributed by atoms with Gasteiger partial charge in [-0.15, -0.1) is 11.3 Å². The zero-order valence-corrected chi connectivity index (χ0v) is 16.1. The molecule has 0 radical (unpaired) electrons. The number of aromatic nitrogens is 3. The minimum absolute atomic E-state index is 0.0374. The first-order valence-corrected chi connectivity index (χ1v) is 9.61. The zero-order chi connectivity index (χ0) is 21.3. The summed E-state index contributed by atoms with van der Waals surface area (Å²) in [5, 5.41) is 0. The number of hydrogen-bond donors (Lipinski definition) is 0. The molecule has 4 rings (SSSR count). The summed E-state index contributed by atoms with van der Waals surface area (Å²) >= 11 is 0.582. The van der Waals surface area contributed by atoms with Gasteiger partial charge < -0.3 is 4.90 Å². The second-order valence-electron chi connectivity index (χ2n) is 6.47. The maximum absolute atomic E-state index is 13.1. The monoisotopic (exact) mass is 434 g/mol. The van der Waals surface area contributed by atoms with E-state index in [4.69, 9.17) is 0 Å². The number of anilines is 1. The maximum Gasteiger partial charge on any atom is 0.425 e. The molecular formula is C20H14F4N4OS. The van der Waals surface area contributed by atoms with E-state index < -0.39 is 16.7 Å². The van der Waals surface area contributed by atoms with Crippen LogP contribution in [0.2, 0.25) is 0 Å². The average Bonchev–Trinajstić information content (AvgIpc) is 3.20. The van der Waals surface area contributed by atoms with E-state index >= 15 is 0 Å². The van der Waals surface area contributed by atoms with Gasteiger partial charge >= 0.3 is 11.9 Å². The number of allylic oxidation sites excluding steroid dienone is 2. The van der Waals surface area contributed by atoms with Gasteiger partial charge in [-0.05, 0) is 41.5 Å². The minimum atomic E-state index is -4.41. The van der Waals surface area contributed by atoms with Gasteiger partial charge in [-0.2, -0.15) is 18.2 Å². The van der Waals surface area contributed by atoms with Crippen molar-refractivity contribution in [3.05, 3.63) is 92.7 Å². The Kier molecular flexibility index (Phi) is 5.25. The van der Waals surface area contributed by atoms with Crippen LogP contribution in [0.15, 0.2) is 65.9 Å². The normalized spacial score (nSPS) is 14.1. The summed E-state index contributed by atoms with van der Waals surface area (Å²) in [6.07, 6.45) is 2.27. The average molecular weight is 434 g/mol. The summed E-state index contributed by atoms with van der Waals surface area (Å²) in [5.41, 5.74) is 1.15. The summed E-state index contributed by atoms with van der Waals surface area (Å²) in [6.45, 7) is 0.372. The Labute approximate surface area is 172 Å². The Morgan fingerprint density at radius 2 is 1.87 bits per heavy atom. The van der Waals surface area contributed by atoms with E-state index in [1.165, 1.54) is 24.5 Å². The molecule has 0 aliphatic carbocycles. The van der Waals surface area contributed by atoms with Crippen molar-refractivity contribution in [2.75, 3.05) is 11.4 Å². The molecule has 0 saturated carbocycles. The van der Waals surface area contributed by atoms with Crippen LogP contribution >= 0.6 is 11.3 Å². The van der Waals surface area contributed by atoms with E-state index in [2.05, 4.69) is 9.97 Å². The van der Waals surface area contributed by atoms with Crippen LogP contribution in [0.4, 0.5) is 23.5 Å². The molecule has 0 N–H and O–H groups in total. The molecule has 3 aromatic rings. The number of alkyl halides is 3. The lowest BCUT2D eigenvalue weighted by molar-refractivity contribution is -0.134. The van der Waals surface area contributed by atoms with E-state index in [1.54, 1.807) is 29.3 Å². The molecule has 0 fully saturated rings. The van der Waals surface area contributed by atoms with Gasteiger partial charge in [0.05, 0.1) is 6.54 Å². The predicted molar refractivity (Wildman–Crippen MR) is 106 cm³/mol. The molecule has 5 nitrogen and oxygen atoms in total. The Balaban J connectivity index is 1.46. The molecule has 0 spiro atoms. The number of rotatable bonds is 4. The lowest BCUT2D eigenvalue weighted by atomic mass is 10.0. The van der Waals surface area contributed by atoms with Crippen LogP contribution in [0.3, 0.4) is 0 Å². The molecular weight excluding hydrogens is 420 g/mol. The fraction of sp³-hybridized carbons (Fsp3) is 0.150. The van der Waals surface area contributed by atoms with E-state index in [0.717, 1.165) is 21.8 Å². The van der Waals surface area contributed by atoms with Gasteiger partial charge in [-0.1, -0.05) is 18.2 Å². The van der Waals surface area contributed by atoms with Gasteiger partial charge in [0, 0.05) is 17.6 Å². The minimum Gasteiger partial charge on any atom is -0.313 e. The van der Waals surface area contributed by atoms with Gasteiger partial charge in [0.2, 0.25) is 5.95 Å². The first kappa shape index (κ1) is 20.0. The summed E-state index contributed by atoms with van der Waals surface area (Å²) in [5.74, 6) is -0.129. The predicted octanol–water partition coefficient (Wildman–Crippen LogP) is 4.32. The fourth-order valence-corrected chi connectivity index (χ4v) is 3.75. The van der Waals surface area contributed by atoms with Gasteiger partial charge in [-0.3, -0.25) is 4.57 Å². The van der Waals surface area contributed by atoms with Gasteiger partial charge in [0.25, 0.3) is 0 Å². The summed E-state index contributed by atoms with van der Waals surface area (Å²) in [4.78, 5) is 21.7. The molecule has 30 heavy (non-hydrogen) atoms. The van der Waals surface area contributed by atoms with Gasteiger partial charge in [-0.25, -0.2) is 14.2 Å². The standard InChI is InChI=1S/C20H14F4N4OS/c21-15-3-1-13(2-4-15)14-7-9-27(10-8-14)18-25-12-28(19(29)26-18)11-16-5-6-17(30-16)20(22,23)24/h1-9,12H,10-11H2. The lowest BCUT2D eigenvalue weighted by Gasteiger charge is -2.20. The second kappa shape index (κ2) is 7.86. The van der Waals surface area contributed by atoms with Crippen LogP contribution in [0.25, 0.3) is 5.57 Å². The summed E-state index contributed by atoms with van der Waals surface area (Å²) < 4.78 is 52.4. The molecule has 1 aliphatic heterocycles. The van der Waals surface area contributed by atoms with Crippen LogP contribution in [0, 0.1) is 5.82 Å². The van der Waals surface area contributed by atoms with E-state index in [1.807, 2.05) is 6.08 Å². The fourth-order valence-electron chi connectivity index (χ4n) is 2.88. The highest BCUT2D eigenvalue weighted by molar-refractivity contribution is 7.12. The Morgan fingerprint density at radius 3 is 2.47 bits per heavy atom. The van der Waals surface area contributed by atoms with Crippen molar-refractivity contribution >= 4 is 22.9 Å².